The fourth-order valence-corrected chi connectivity index (χ4v) is 0. The Bertz CT molecular complexity index is 117. The summed E-state index contributed by atoms with van der Waals surface area (Å²) in [6.07, 6.45) is 0. The van der Waals surface area contributed by atoms with Gasteiger partial charge in [0, 0.05) is 0 Å². The monoisotopic (exact) mass is 158 g/mol. The van der Waals surface area contributed by atoms with Crippen molar-refractivity contribution < 1.29 is 16.0 Å². The average Bonchev–Trinajstić information content (AvgIpc) is 1.35. The van der Waals surface area contributed by atoms with Crippen LogP contribution in [0.2, 0.25) is 0 Å². The van der Waals surface area contributed by atoms with E-state index in [1.165, 1.54) is 0 Å². The predicted octanol–water partition coefficient (Wildman–Crippen LogP) is -0.277. The second kappa shape index (κ2) is 4.05. The molecule has 0 aromatic heterocycles. The van der Waals surface area contributed by atoms with E-state index < -0.39 is 10.5 Å². The number of hydrogen-bond acceptors (Lipinski definition) is 3. The molecular weight excluding hydrogens is 158 g/mol. The first kappa shape index (κ1) is 11.0. The zero-order valence-corrected chi connectivity index (χ0v) is 3.96. The molecule has 0 aliphatic rings. The summed E-state index contributed by atoms with van der Waals surface area (Å²) in [4.78, 5) is 0. The van der Waals surface area contributed by atoms with Gasteiger partial charge in [0.25, 0.3) is 0 Å². The van der Waals surface area contributed by atoms with Gasteiger partial charge in [0.05, 0.1) is 11.9 Å². The summed E-state index contributed by atoms with van der Waals surface area (Å²) >= 11 is 4.01. The maximum absolute atomic E-state index is 10.7. The van der Waals surface area contributed by atoms with Crippen LogP contribution in [0, 0.1) is 0 Å². The molecule has 0 fully saturated rings. The Balaban J connectivity index is 0. The molecular formula is HClFNaO3S. The second-order valence-corrected chi connectivity index (χ2v) is 1.75. The summed E-state index contributed by atoms with van der Waals surface area (Å²) in [6, 6.07) is 0. The van der Waals surface area contributed by atoms with Crippen LogP contribution in [0.25, 0.3) is 0 Å². The molecule has 0 saturated carbocycles. The molecule has 0 heterocycles. The SMILES string of the molecule is O=S(=O)(F)OCl.[NaH]. The average molecular weight is 159 g/mol. The van der Waals surface area contributed by atoms with Crippen LogP contribution < -0.4 is 0 Å². The first-order chi connectivity index (χ1) is 2.56. The topological polar surface area (TPSA) is 43.4 Å². The third-order valence-electron chi connectivity index (χ3n) is 0.0752. The summed E-state index contributed by atoms with van der Waals surface area (Å²) in [5.74, 6) is 0. The van der Waals surface area contributed by atoms with Crippen LogP contribution in [0.5, 0.6) is 0 Å². The van der Waals surface area contributed by atoms with Crippen molar-refractivity contribution in [2.45, 2.75) is 0 Å². The first-order valence-electron chi connectivity index (χ1n) is 0.809. The molecule has 0 aliphatic heterocycles. The standard InChI is InChI=1S/ClFO3S.Na.H/c1-5-6(2,3)4;;. The molecule has 0 saturated heterocycles. The van der Waals surface area contributed by atoms with Gasteiger partial charge in [0.1, 0.15) is 0 Å². The van der Waals surface area contributed by atoms with E-state index in [1.54, 1.807) is 0 Å². The van der Waals surface area contributed by atoms with Crippen LogP contribution in [0.3, 0.4) is 0 Å². The molecule has 0 spiro atoms. The van der Waals surface area contributed by atoms with Crippen LogP contribution in [-0.2, 0) is 14.2 Å². The minimum atomic E-state index is -4.90. The van der Waals surface area contributed by atoms with E-state index in [0.717, 1.165) is 0 Å². The van der Waals surface area contributed by atoms with Gasteiger partial charge in [-0.05, 0) is 0 Å². The Morgan fingerprint density at radius 3 is 1.71 bits per heavy atom. The van der Waals surface area contributed by atoms with Gasteiger partial charge >= 0.3 is 40.1 Å². The van der Waals surface area contributed by atoms with Crippen molar-refractivity contribution >= 4 is 51.9 Å². The molecule has 0 unspecified atom stereocenters. The van der Waals surface area contributed by atoms with E-state index in [0.29, 0.717) is 0 Å². The molecule has 0 aromatic rings. The van der Waals surface area contributed by atoms with Crippen LogP contribution >= 0.6 is 11.9 Å². The Labute approximate surface area is 67.7 Å². The predicted molar refractivity (Wildman–Crippen MR) is 24.1 cm³/mol. The summed E-state index contributed by atoms with van der Waals surface area (Å²) in [6.45, 7) is 0. The van der Waals surface area contributed by atoms with Crippen LogP contribution in [-0.4, -0.2) is 38.0 Å². The van der Waals surface area contributed by atoms with Crippen molar-refractivity contribution in [2.24, 2.45) is 0 Å². The summed E-state index contributed by atoms with van der Waals surface area (Å²) in [5, 5.41) is 0. The fourth-order valence-electron chi connectivity index (χ4n) is 0. The molecule has 7 heavy (non-hydrogen) atoms. The van der Waals surface area contributed by atoms with E-state index in [-0.39, 0.29) is 29.6 Å². The van der Waals surface area contributed by atoms with E-state index in [4.69, 9.17) is 8.42 Å². The van der Waals surface area contributed by atoms with Crippen LogP contribution in [0.4, 0.5) is 3.89 Å². The van der Waals surface area contributed by atoms with Crippen LogP contribution in [0.15, 0.2) is 0 Å². The van der Waals surface area contributed by atoms with E-state index in [9.17, 15) is 3.89 Å². The first-order valence-corrected chi connectivity index (χ1v) is 2.43. The van der Waals surface area contributed by atoms with E-state index in [1.807, 2.05) is 0 Å². The normalized spacial score (nSPS) is 10.0. The molecule has 3 nitrogen and oxygen atoms in total. The Hall–Kier alpha value is 1.13. The Kier molecular flexibility index (Phi) is 6.37. The Morgan fingerprint density at radius 1 is 1.57 bits per heavy atom. The van der Waals surface area contributed by atoms with Crippen molar-refractivity contribution in [3.63, 3.8) is 0 Å². The summed E-state index contributed by atoms with van der Waals surface area (Å²) in [5.41, 5.74) is 0. The molecule has 0 aliphatic carbocycles. The quantitative estimate of drug-likeness (QED) is 0.390. The van der Waals surface area contributed by atoms with Crippen molar-refractivity contribution in [1.82, 2.24) is 0 Å². The minimum absolute atomic E-state index is 0. The zero-order valence-electron chi connectivity index (χ0n) is 2.39. The molecule has 40 valence electrons. The van der Waals surface area contributed by atoms with Gasteiger partial charge in [-0.2, -0.15) is 8.42 Å². The van der Waals surface area contributed by atoms with Gasteiger partial charge in [0.15, 0.2) is 0 Å². The summed E-state index contributed by atoms with van der Waals surface area (Å²) in [7, 11) is -4.90. The van der Waals surface area contributed by atoms with Crippen molar-refractivity contribution in [2.75, 3.05) is 0 Å². The fraction of sp³-hybridized carbons (Fsp3) is 0. The van der Waals surface area contributed by atoms with Gasteiger partial charge in [0.2, 0.25) is 0 Å². The Morgan fingerprint density at radius 2 is 1.71 bits per heavy atom. The van der Waals surface area contributed by atoms with Gasteiger partial charge in [-0.15, -0.1) is 3.74 Å². The van der Waals surface area contributed by atoms with Gasteiger partial charge in [-0.1, -0.05) is 3.89 Å². The molecule has 0 bridgehead atoms. The second-order valence-electron chi connectivity index (χ2n) is 0.456. The van der Waals surface area contributed by atoms with E-state index in [2.05, 4.69) is 15.6 Å². The third-order valence-corrected chi connectivity index (χ3v) is 0.677. The number of rotatable bonds is 1. The van der Waals surface area contributed by atoms with Crippen molar-refractivity contribution in [3.8, 4) is 0 Å². The zero-order chi connectivity index (χ0) is 5.21. The van der Waals surface area contributed by atoms with Gasteiger partial charge in [-0.25, -0.2) is 0 Å². The van der Waals surface area contributed by atoms with Gasteiger partial charge < -0.3 is 0 Å². The number of halogens is 2. The molecule has 0 rings (SSSR count). The van der Waals surface area contributed by atoms with Gasteiger partial charge in [-0.3, -0.25) is 0 Å². The molecule has 0 aromatic carbocycles. The molecule has 7 heteroatoms. The number of hydrogen-bond donors (Lipinski definition) is 0. The van der Waals surface area contributed by atoms with Crippen LogP contribution in [0.1, 0.15) is 0 Å². The van der Waals surface area contributed by atoms with Crippen molar-refractivity contribution in [3.05, 3.63) is 0 Å². The van der Waals surface area contributed by atoms with E-state index >= 15 is 0 Å². The summed E-state index contributed by atoms with van der Waals surface area (Å²) < 4.78 is 31.4. The third kappa shape index (κ3) is 11.0. The molecule has 0 amide bonds. The molecule has 0 atom stereocenters. The molecule has 0 N–H and O–H groups in total. The maximum atomic E-state index is 10.7. The molecule has 0 radical (unpaired) electrons. The van der Waals surface area contributed by atoms with Crippen molar-refractivity contribution in [1.29, 1.82) is 0 Å².